The van der Waals surface area contributed by atoms with Gasteiger partial charge < -0.3 is 104 Å². The number of ether oxygens (including phenoxy) is 8. The molecule has 0 amide bonds. The van der Waals surface area contributed by atoms with Crippen LogP contribution in [0.1, 0.15) is 0 Å². The number of nitrogens with zero attached hydrogens (tertiary/aromatic N) is 1. The number of aliphatic hydroxyl groups is 13. The van der Waals surface area contributed by atoms with Crippen LogP contribution in [0.25, 0.3) is 0 Å². The molecule has 24 nitrogen and oxygen atoms in total. The highest BCUT2D eigenvalue weighted by molar-refractivity contribution is 5.44. The van der Waals surface area contributed by atoms with Crippen LogP contribution >= 0.6 is 0 Å². The fourth-order valence-electron chi connectivity index (χ4n) is 6.42. The second-order valence-corrected chi connectivity index (χ2v) is 13.0. The Kier molecular flexibility index (Phi) is 14.7. The van der Waals surface area contributed by atoms with E-state index in [0.29, 0.717) is 0 Å². The van der Waals surface area contributed by atoms with Crippen molar-refractivity contribution in [1.82, 2.24) is 0 Å². The molecule has 0 bridgehead atoms. The van der Waals surface area contributed by atoms with E-state index in [1.54, 1.807) is 0 Å². The topological polar surface area (TPSA) is 381 Å². The van der Waals surface area contributed by atoms with Crippen molar-refractivity contribution in [2.45, 2.75) is 123 Å². The van der Waals surface area contributed by atoms with Gasteiger partial charge in [-0.1, -0.05) is 0 Å². The van der Waals surface area contributed by atoms with E-state index in [0.717, 1.165) is 0 Å². The maximum Gasteiger partial charge on any atom is 0.229 e. The summed E-state index contributed by atoms with van der Waals surface area (Å²) in [6, 6.07) is 5.05. The van der Waals surface area contributed by atoms with Crippen LogP contribution in [0.15, 0.2) is 24.3 Å². The molecular formula is C30H47NO23. The zero-order chi connectivity index (χ0) is 39.6. The molecule has 5 rings (SSSR count). The van der Waals surface area contributed by atoms with Gasteiger partial charge in [-0.2, -0.15) is 0 Å². The molecule has 4 aliphatic heterocycles. The molecule has 20 unspecified atom stereocenters. The predicted octanol–water partition coefficient (Wildman–Crippen LogP) is -8.08. The van der Waals surface area contributed by atoms with Gasteiger partial charge in [0.1, 0.15) is 103 Å². The quantitative estimate of drug-likeness (QED) is 0.0825. The number of hydrogen-bond acceptors (Lipinski definition) is 24. The first-order valence-corrected chi connectivity index (χ1v) is 16.7. The first-order valence-electron chi connectivity index (χ1n) is 16.7. The van der Waals surface area contributed by atoms with Crippen molar-refractivity contribution in [3.05, 3.63) is 24.3 Å². The van der Waals surface area contributed by atoms with Crippen molar-refractivity contribution in [3.8, 4) is 5.75 Å². The minimum Gasteiger partial charge on any atom is -0.462 e. The van der Waals surface area contributed by atoms with Crippen LogP contribution in [0.2, 0.25) is 0 Å². The molecule has 1 aromatic carbocycles. The van der Waals surface area contributed by atoms with E-state index in [-0.39, 0.29) is 16.7 Å². The highest BCUT2D eigenvalue weighted by Crippen LogP contribution is 2.34. The summed E-state index contributed by atoms with van der Waals surface area (Å²) in [5.74, 6) is 0.0561. The van der Waals surface area contributed by atoms with E-state index >= 15 is 0 Å². The van der Waals surface area contributed by atoms with Crippen LogP contribution in [0.3, 0.4) is 0 Å². The van der Waals surface area contributed by atoms with Crippen molar-refractivity contribution >= 4 is 5.69 Å². The van der Waals surface area contributed by atoms with E-state index in [4.69, 9.17) is 48.3 Å². The summed E-state index contributed by atoms with van der Waals surface area (Å²) in [5.41, 5.74) is -0.0287. The van der Waals surface area contributed by atoms with Gasteiger partial charge in [0.25, 0.3) is 0 Å². The van der Waals surface area contributed by atoms with Crippen LogP contribution in [0.5, 0.6) is 5.75 Å². The molecule has 54 heavy (non-hydrogen) atoms. The molecule has 15 N–H and O–H groups in total. The summed E-state index contributed by atoms with van der Waals surface area (Å²) >= 11 is 0. The van der Waals surface area contributed by atoms with Crippen LogP contribution in [0, 0.1) is 0 Å². The third kappa shape index (κ3) is 8.90. The summed E-state index contributed by atoms with van der Waals surface area (Å²) < 4.78 is 44.3. The Morgan fingerprint density at radius 1 is 0.426 bits per heavy atom. The number of benzene rings is 1. The van der Waals surface area contributed by atoms with Crippen LogP contribution in [-0.4, -0.2) is 226 Å². The van der Waals surface area contributed by atoms with Gasteiger partial charge in [-0.25, -0.2) is 0 Å². The highest BCUT2D eigenvalue weighted by atomic mass is 16.8. The first kappa shape index (κ1) is 43.1. The van der Waals surface area contributed by atoms with Gasteiger partial charge in [0, 0.05) is 0 Å². The summed E-state index contributed by atoms with van der Waals surface area (Å²) in [5, 5.41) is 154. The average Bonchev–Trinajstić information content (AvgIpc) is 3.16. The van der Waals surface area contributed by atoms with E-state index < -0.39 is 149 Å². The van der Waals surface area contributed by atoms with Gasteiger partial charge in [-0.05, 0) is 24.3 Å². The first-order chi connectivity index (χ1) is 25.6. The molecule has 0 aromatic heterocycles. The van der Waals surface area contributed by atoms with Crippen LogP contribution in [-0.2, 0) is 33.2 Å². The predicted molar refractivity (Wildman–Crippen MR) is 165 cm³/mol. The lowest BCUT2D eigenvalue weighted by Gasteiger charge is -2.49. The molecule has 4 saturated heterocycles. The Morgan fingerprint density at radius 2 is 0.759 bits per heavy atom. The smallest absolute Gasteiger partial charge is 0.229 e. The largest absolute Gasteiger partial charge is 0.462 e. The van der Waals surface area contributed by atoms with Gasteiger partial charge in [0.2, 0.25) is 6.29 Å². The minimum absolute atomic E-state index is 0.0287. The SMILES string of the molecule is OCC1OC(OC2C(CO)OC(OC3C(CO)OC(OC4C(CO)OC(Oc5ccc(N(O)O)cc5)C(O)C4O)C(O)C3O)C(O)C2O)C(O)C(O)C1O. The fourth-order valence-corrected chi connectivity index (χ4v) is 6.42. The standard InChI is InChI=1S/C30H47NO23/c32-5-11-15(36)16(37)20(41)28(48-11)52-25-13(7-34)50-30(22(43)18(25)39)54-26-14(8-35)51-29(23(44)19(26)40)53-24-12(6-33)49-27(21(42)17(24)38)47-10-3-1-9(2-4-10)31(45)46/h1-4,11-30,32-46H,5-8H2. The molecule has 24 heteroatoms. The molecule has 0 saturated carbocycles. The maximum atomic E-state index is 11.1. The summed E-state index contributed by atoms with van der Waals surface area (Å²) in [6.45, 7) is -3.47. The number of rotatable bonds is 13. The number of aliphatic hydroxyl groups excluding tert-OH is 13. The van der Waals surface area contributed by atoms with Crippen LogP contribution in [0.4, 0.5) is 5.69 Å². The third-order valence-electron chi connectivity index (χ3n) is 9.50. The lowest BCUT2D eigenvalue weighted by Crippen LogP contribution is -2.67. The fraction of sp³-hybridized carbons (Fsp3) is 0.800. The lowest BCUT2D eigenvalue weighted by atomic mass is 9.95. The Bertz CT molecular complexity index is 1290. The average molecular weight is 790 g/mol. The molecule has 1 aromatic rings. The Morgan fingerprint density at radius 3 is 1.13 bits per heavy atom. The number of anilines is 1. The molecule has 0 spiro atoms. The molecule has 310 valence electrons. The van der Waals surface area contributed by atoms with E-state index in [1.165, 1.54) is 24.3 Å². The van der Waals surface area contributed by atoms with E-state index in [1.807, 2.05) is 0 Å². The Hall–Kier alpha value is -2.06. The van der Waals surface area contributed by atoms with Crippen molar-refractivity contribution in [1.29, 1.82) is 0 Å². The zero-order valence-corrected chi connectivity index (χ0v) is 28.1. The second kappa shape index (κ2) is 18.5. The van der Waals surface area contributed by atoms with Crippen molar-refractivity contribution in [2.75, 3.05) is 31.7 Å². The molecule has 4 heterocycles. The third-order valence-corrected chi connectivity index (χ3v) is 9.50. The summed E-state index contributed by atoms with van der Waals surface area (Å²) in [4.78, 5) is 0. The van der Waals surface area contributed by atoms with Gasteiger partial charge >= 0.3 is 0 Å². The zero-order valence-electron chi connectivity index (χ0n) is 28.1. The maximum absolute atomic E-state index is 11.1. The number of hydrogen-bond donors (Lipinski definition) is 15. The second-order valence-electron chi connectivity index (χ2n) is 13.0. The normalized spacial score (nSPS) is 45.9. The molecule has 0 aliphatic carbocycles. The van der Waals surface area contributed by atoms with E-state index in [9.17, 15) is 66.4 Å². The van der Waals surface area contributed by atoms with Crippen molar-refractivity contribution in [2.24, 2.45) is 0 Å². The Labute approximate surface area is 305 Å². The van der Waals surface area contributed by atoms with Crippen molar-refractivity contribution < 1.29 is 115 Å². The summed E-state index contributed by atoms with van der Waals surface area (Å²) in [7, 11) is 0. The van der Waals surface area contributed by atoms with Gasteiger partial charge in [-0.15, -0.1) is 5.23 Å². The molecular weight excluding hydrogens is 742 g/mol. The van der Waals surface area contributed by atoms with Gasteiger partial charge in [0.05, 0.1) is 32.1 Å². The molecule has 0 radical (unpaired) electrons. The van der Waals surface area contributed by atoms with E-state index in [2.05, 4.69) is 0 Å². The monoisotopic (exact) mass is 789 g/mol. The molecule has 4 fully saturated rings. The lowest BCUT2D eigenvalue weighted by molar-refractivity contribution is -0.387. The highest BCUT2D eigenvalue weighted by Gasteiger charge is 2.55. The van der Waals surface area contributed by atoms with Gasteiger partial charge in [-0.3, -0.25) is 10.4 Å². The Balaban J connectivity index is 1.22. The summed E-state index contributed by atoms with van der Waals surface area (Å²) in [6.07, 6.45) is -35.5. The van der Waals surface area contributed by atoms with Crippen LogP contribution < -0.4 is 9.96 Å². The minimum atomic E-state index is -2.05. The molecule has 20 atom stereocenters. The van der Waals surface area contributed by atoms with Gasteiger partial charge in [0.15, 0.2) is 18.9 Å². The van der Waals surface area contributed by atoms with Crippen molar-refractivity contribution in [3.63, 3.8) is 0 Å². The molecule has 4 aliphatic rings.